The Bertz CT molecular complexity index is 398. The highest BCUT2D eigenvalue weighted by molar-refractivity contribution is 7.79. The fourth-order valence-electron chi connectivity index (χ4n) is 1.35. The number of aliphatic hydroxyl groups excluding tert-OH is 2. The van der Waals surface area contributed by atoms with E-state index >= 15 is 0 Å². The summed E-state index contributed by atoms with van der Waals surface area (Å²) < 4.78 is 37.6. The summed E-state index contributed by atoms with van der Waals surface area (Å²) in [5, 5.41) is 20.5. The second kappa shape index (κ2) is 6.31. The lowest BCUT2D eigenvalue weighted by Crippen LogP contribution is -2.23. The van der Waals surface area contributed by atoms with E-state index in [-0.39, 0.29) is 18.0 Å². The molecule has 1 unspecified atom stereocenters. The SMILES string of the molecule is OCC(O)CNc1cc(C(F)(F)F)ccc1CS. The minimum atomic E-state index is -4.42. The second-order valence-corrected chi connectivity index (χ2v) is 4.06. The number of nitrogens with one attached hydrogen (secondary N) is 1. The Balaban J connectivity index is 2.92. The lowest BCUT2D eigenvalue weighted by molar-refractivity contribution is -0.137. The van der Waals surface area contributed by atoms with Crippen molar-refractivity contribution in [2.24, 2.45) is 0 Å². The average molecular weight is 281 g/mol. The molecular formula is C11H14F3NO2S. The minimum absolute atomic E-state index is 0.0292. The van der Waals surface area contributed by atoms with E-state index in [1.807, 2.05) is 0 Å². The van der Waals surface area contributed by atoms with Gasteiger partial charge in [-0.25, -0.2) is 0 Å². The van der Waals surface area contributed by atoms with Gasteiger partial charge in [-0.3, -0.25) is 0 Å². The molecule has 1 aromatic carbocycles. The van der Waals surface area contributed by atoms with Crippen LogP contribution < -0.4 is 5.32 Å². The Morgan fingerprint density at radius 3 is 2.50 bits per heavy atom. The van der Waals surface area contributed by atoms with Crippen molar-refractivity contribution >= 4 is 18.3 Å². The molecule has 3 nitrogen and oxygen atoms in total. The second-order valence-electron chi connectivity index (χ2n) is 3.75. The molecule has 0 saturated heterocycles. The van der Waals surface area contributed by atoms with Crippen LogP contribution in [0.15, 0.2) is 18.2 Å². The molecule has 0 aromatic heterocycles. The zero-order valence-corrected chi connectivity index (χ0v) is 10.3. The van der Waals surface area contributed by atoms with E-state index in [0.717, 1.165) is 12.1 Å². The van der Waals surface area contributed by atoms with Crippen LogP contribution in [0.25, 0.3) is 0 Å². The molecule has 0 aliphatic carbocycles. The fraction of sp³-hybridized carbons (Fsp3) is 0.455. The van der Waals surface area contributed by atoms with E-state index in [9.17, 15) is 13.2 Å². The molecule has 1 rings (SSSR count). The van der Waals surface area contributed by atoms with Gasteiger partial charge >= 0.3 is 6.18 Å². The van der Waals surface area contributed by atoms with E-state index in [1.165, 1.54) is 6.07 Å². The van der Waals surface area contributed by atoms with Gasteiger partial charge in [0.1, 0.15) is 0 Å². The normalized spacial score (nSPS) is 13.4. The highest BCUT2D eigenvalue weighted by atomic mass is 32.1. The molecule has 0 amide bonds. The van der Waals surface area contributed by atoms with Crippen LogP contribution in [0.1, 0.15) is 11.1 Å². The summed E-state index contributed by atoms with van der Waals surface area (Å²) in [4.78, 5) is 0. The molecule has 3 N–H and O–H groups in total. The van der Waals surface area contributed by atoms with Crippen molar-refractivity contribution in [1.82, 2.24) is 0 Å². The smallest absolute Gasteiger partial charge is 0.394 e. The molecule has 0 bridgehead atoms. The molecule has 1 atom stereocenters. The van der Waals surface area contributed by atoms with Gasteiger partial charge in [-0.15, -0.1) is 0 Å². The van der Waals surface area contributed by atoms with Crippen LogP contribution >= 0.6 is 12.6 Å². The number of rotatable bonds is 5. The number of alkyl halides is 3. The highest BCUT2D eigenvalue weighted by Gasteiger charge is 2.30. The molecule has 1 aromatic rings. The maximum atomic E-state index is 12.5. The first-order chi connectivity index (χ1) is 8.38. The summed E-state index contributed by atoms with van der Waals surface area (Å²) in [5.74, 6) is 0.274. The van der Waals surface area contributed by atoms with Gasteiger partial charge in [0.2, 0.25) is 0 Å². The first-order valence-corrected chi connectivity index (χ1v) is 5.85. The summed E-state index contributed by atoms with van der Waals surface area (Å²) in [7, 11) is 0. The Hall–Kier alpha value is -0.920. The number of hydrogen-bond donors (Lipinski definition) is 4. The van der Waals surface area contributed by atoms with E-state index in [1.54, 1.807) is 0 Å². The first-order valence-electron chi connectivity index (χ1n) is 5.22. The fourth-order valence-corrected chi connectivity index (χ4v) is 1.62. The predicted octanol–water partition coefficient (Wildman–Crippen LogP) is 1.90. The Kier molecular flexibility index (Phi) is 5.30. The summed E-state index contributed by atoms with van der Waals surface area (Å²) >= 11 is 4.02. The van der Waals surface area contributed by atoms with Crippen LogP contribution in [0.3, 0.4) is 0 Å². The van der Waals surface area contributed by atoms with Crippen molar-refractivity contribution in [2.75, 3.05) is 18.5 Å². The number of benzene rings is 1. The van der Waals surface area contributed by atoms with E-state index in [4.69, 9.17) is 10.2 Å². The van der Waals surface area contributed by atoms with Crippen molar-refractivity contribution in [3.63, 3.8) is 0 Å². The van der Waals surface area contributed by atoms with Crippen LogP contribution in [0, 0.1) is 0 Å². The van der Waals surface area contributed by atoms with Crippen LogP contribution in [-0.4, -0.2) is 29.5 Å². The Morgan fingerprint density at radius 2 is 2.00 bits per heavy atom. The van der Waals surface area contributed by atoms with E-state index < -0.39 is 24.5 Å². The summed E-state index contributed by atoms with van der Waals surface area (Å²) in [5.41, 5.74) is 0.0813. The number of halogens is 3. The molecule has 0 heterocycles. The number of hydrogen-bond acceptors (Lipinski definition) is 4. The van der Waals surface area contributed by atoms with E-state index in [0.29, 0.717) is 5.56 Å². The van der Waals surface area contributed by atoms with Gasteiger partial charge in [-0.2, -0.15) is 25.8 Å². The minimum Gasteiger partial charge on any atom is -0.394 e. The number of anilines is 1. The zero-order valence-electron chi connectivity index (χ0n) is 9.41. The largest absolute Gasteiger partial charge is 0.416 e. The van der Waals surface area contributed by atoms with Crippen molar-refractivity contribution < 1.29 is 23.4 Å². The van der Waals surface area contributed by atoms with Gasteiger partial charge in [0, 0.05) is 18.0 Å². The van der Waals surface area contributed by atoms with Crippen LogP contribution in [0.5, 0.6) is 0 Å². The van der Waals surface area contributed by atoms with Crippen molar-refractivity contribution in [3.8, 4) is 0 Å². The van der Waals surface area contributed by atoms with Gasteiger partial charge < -0.3 is 15.5 Å². The van der Waals surface area contributed by atoms with Gasteiger partial charge in [-0.05, 0) is 17.7 Å². The monoisotopic (exact) mass is 281 g/mol. The molecule has 0 spiro atoms. The zero-order chi connectivity index (χ0) is 13.8. The summed E-state index contributed by atoms with van der Waals surface area (Å²) in [6, 6.07) is 3.29. The van der Waals surface area contributed by atoms with Crippen LogP contribution in [-0.2, 0) is 11.9 Å². The molecule has 102 valence electrons. The van der Waals surface area contributed by atoms with Crippen LogP contribution in [0.2, 0.25) is 0 Å². The summed E-state index contributed by atoms with van der Waals surface area (Å²) in [6.45, 7) is -0.485. The van der Waals surface area contributed by atoms with Crippen molar-refractivity contribution in [3.05, 3.63) is 29.3 Å². The standard InChI is InChI=1S/C11H14F3NO2S/c12-11(13,14)8-2-1-7(6-18)10(3-8)15-4-9(17)5-16/h1-3,9,15-18H,4-6H2. The number of thiol groups is 1. The molecular weight excluding hydrogens is 267 g/mol. The first kappa shape index (κ1) is 15.1. The maximum absolute atomic E-state index is 12.5. The molecule has 0 aliphatic rings. The van der Waals surface area contributed by atoms with Crippen LogP contribution in [0.4, 0.5) is 18.9 Å². The van der Waals surface area contributed by atoms with Crippen molar-refractivity contribution in [1.29, 1.82) is 0 Å². The maximum Gasteiger partial charge on any atom is 0.416 e. The summed E-state index contributed by atoms with van der Waals surface area (Å²) in [6.07, 6.45) is -5.44. The Labute approximate surface area is 108 Å². The average Bonchev–Trinajstić information content (AvgIpc) is 2.34. The molecule has 18 heavy (non-hydrogen) atoms. The quantitative estimate of drug-likeness (QED) is 0.624. The molecule has 0 saturated carbocycles. The molecule has 7 heteroatoms. The van der Waals surface area contributed by atoms with Gasteiger partial charge in [0.25, 0.3) is 0 Å². The molecule has 0 fully saturated rings. The third kappa shape index (κ3) is 4.08. The lowest BCUT2D eigenvalue weighted by atomic mass is 10.1. The van der Waals surface area contributed by atoms with Gasteiger partial charge in [0.05, 0.1) is 18.3 Å². The molecule has 0 radical (unpaired) electrons. The Morgan fingerprint density at radius 1 is 1.33 bits per heavy atom. The van der Waals surface area contributed by atoms with E-state index in [2.05, 4.69) is 17.9 Å². The molecule has 0 aliphatic heterocycles. The van der Waals surface area contributed by atoms with Crippen molar-refractivity contribution in [2.45, 2.75) is 18.0 Å². The van der Waals surface area contributed by atoms with Gasteiger partial charge in [-0.1, -0.05) is 6.07 Å². The predicted molar refractivity (Wildman–Crippen MR) is 65.7 cm³/mol. The third-order valence-electron chi connectivity index (χ3n) is 2.35. The lowest BCUT2D eigenvalue weighted by Gasteiger charge is -2.15. The van der Waals surface area contributed by atoms with Gasteiger partial charge in [0.15, 0.2) is 0 Å². The highest BCUT2D eigenvalue weighted by Crippen LogP contribution is 2.32. The number of aliphatic hydroxyl groups is 2. The topological polar surface area (TPSA) is 52.5 Å². The third-order valence-corrected chi connectivity index (χ3v) is 2.69.